The maximum Gasteiger partial charge on any atom is 0.336 e. The Labute approximate surface area is 395 Å². The minimum absolute atomic E-state index is 0.0242. The molecule has 1 aromatic heterocycles. The summed E-state index contributed by atoms with van der Waals surface area (Å²) in [5.41, 5.74) is 2.07. The number of thioether (sulfide) groups is 1. The smallest absolute Gasteiger partial charge is 0.336 e. The molecule has 2 saturated heterocycles. The molecule has 2 fully saturated rings. The molecule has 2 unspecified atom stereocenters. The quantitative estimate of drug-likeness (QED) is 0.0708. The van der Waals surface area contributed by atoms with Gasteiger partial charge in [0, 0.05) is 72.2 Å². The molecule has 4 atom stereocenters. The number of nitriles is 1. The second kappa shape index (κ2) is 20.2. The molecule has 4 heterocycles. The molecule has 3 aliphatic heterocycles. The third-order valence-corrected chi connectivity index (χ3v) is 13.0. The first-order chi connectivity index (χ1) is 32.7. The van der Waals surface area contributed by atoms with E-state index in [2.05, 4.69) is 15.6 Å². The van der Waals surface area contributed by atoms with E-state index in [0.29, 0.717) is 22.1 Å². The molecule has 2 aromatic carbocycles. The Morgan fingerprint density at radius 3 is 2.46 bits per heavy atom. The van der Waals surface area contributed by atoms with Gasteiger partial charge in [-0.25, -0.2) is 18.5 Å². The third-order valence-electron chi connectivity index (χ3n) is 11.6. The summed E-state index contributed by atoms with van der Waals surface area (Å²) >= 11 is 0.863. The van der Waals surface area contributed by atoms with E-state index in [1.807, 2.05) is 13.0 Å². The lowest BCUT2D eigenvalue weighted by molar-refractivity contribution is -0.143. The number of pyridine rings is 1. The first kappa shape index (κ1) is 49.1. The van der Waals surface area contributed by atoms with Crippen molar-refractivity contribution in [3.63, 3.8) is 0 Å². The van der Waals surface area contributed by atoms with Crippen molar-refractivity contribution in [2.75, 3.05) is 17.2 Å². The molecule has 0 radical (unpaired) electrons. The van der Waals surface area contributed by atoms with Gasteiger partial charge in [0.2, 0.25) is 23.6 Å². The number of rotatable bonds is 17. The van der Waals surface area contributed by atoms with Crippen LogP contribution in [0.15, 0.2) is 82.1 Å². The predicted octanol–water partition coefficient (Wildman–Crippen LogP) is 4.97. The highest BCUT2D eigenvalue weighted by molar-refractivity contribution is 8.00. The molecule has 69 heavy (non-hydrogen) atoms. The van der Waals surface area contributed by atoms with E-state index in [9.17, 15) is 67.4 Å². The van der Waals surface area contributed by atoms with Crippen LogP contribution in [0.4, 0.5) is 14.5 Å². The maximum atomic E-state index is 13.9. The number of Topliss-reactive ketones (excluding diaryl/α,β-unsaturated/α-hetero) is 1. The van der Waals surface area contributed by atoms with Crippen LogP contribution in [0.1, 0.15) is 71.0 Å². The Kier molecular flexibility index (Phi) is 14.3. The van der Waals surface area contributed by atoms with Gasteiger partial charge >= 0.3 is 11.9 Å². The topological polar surface area (TPSA) is 274 Å². The summed E-state index contributed by atoms with van der Waals surface area (Å²) < 4.78 is 33.7. The first-order valence-corrected chi connectivity index (χ1v) is 22.5. The summed E-state index contributed by atoms with van der Waals surface area (Å²) in [6.07, 6.45) is -1.02. The van der Waals surface area contributed by atoms with Gasteiger partial charge in [-0.05, 0) is 67.4 Å². The predicted molar refractivity (Wildman–Crippen MR) is 243 cm³/mol. The number of carboxylic acid groups (broad SMARTS) is 2. The van der Waals surface area contributed by atoms with Crippen LogP contribution >= 0.6 is 11.8 Å². The van der Waals surface area contributed by atoms with Crippen molar-refractivity contribution in [2.24, 2.45) is 5.92 Å². The summed E-state index contributed by atoms with van der Waals surface area (Å²) in [5, 5.41) is 34.0. The highest BCUT2D eigenvalue weighted by Gasteiger charge is 2.48. The molecule has 18 nitrogen and oxygen atoms in total. The number of benzene rings is 3. The molecule has 0 spiro atoms. The molecular formula is C48H42F2N6O12S. The summed E-state index contributed by atoms with van der Waals surface area (Å²) in [6.45, 7) is 2.01. The average Bonchev–Trinajstić information content (AvgIpc) is 3.79. The van der Waals surface area contributed by atoms with Crippen LogP contribution in [0.3, 0.4) is 0 Å². The molecule has 7 rings (SSSR count). The van der Waals surface area contributed by atoms with Crippen LogP contribution in [-0.4, -0.2) is 103 Å². The van der Waals surface area contributed by atoms with E-state index in [-0.39, 0.29) is 70.8 Å². The fourth-order valence-corrected chi connectivity index (χ4v) is 9.40. The number of halogens is 2. The average molecular weight is 965 g/mol. The van der Waals surface area contributed by atoms with Crippen molar-refractivity contribution in [1.82, 2.24) is 20.5 Å². The van der Waals surface area contributed by atoms with Crippen LogP contribution < -0.4 is 21.0 Å². The number of hydrogen-bond acceptors (Lipinski definition) is 13. The number of nitrogens with zero attached hydrogens (tertiary/aromatic N) is 4. The first-order valence-electron chi connectivity index (χ1n) is 21.4. The van der Waals surface area contributed by atoms with Crippen LogP contribution in [0.5, 0.6) is 0 Å². The van der Waals surface area contributed by atoms with E-state index in [0.717, 1.165) is 27.1 Å². The van der Waals surface area contributed by atoms with Crippen molar-refractivity contribution in [2.45, 2.75) is 75.8 Å². The number of aromatic carboxylic acids is 1. The Balaban J connectivity index is 0.920. The molecule has 4 N–H and O–H groups in total. The van der Waals surface area contributed by atoms with Gasteiger partial charge < -0.3 is 30.2 Å². The largest absolute Gasteiger partial charge is 0.481 e. The highest BCUT2D eigenvalue weighted by Crippen LogP contribution is 2.43. The SMILES string of the molecule is Cc1ccc2c(-c3ccc(N4C(=O)CC(SCC(CC(=O)CCC(=O)NCc5cc(C(=O)N[C@H](C)C(=O)N6CC(F)(F)C[C@H]6C#N)ccn5)C(=O)O)C4=O)cc3C(=O)O)c3ccc(=O)cc-3oc2c1. The second-order valence-electron chi connectivity index (χ2n) is 16.7. The fourth-order valence-electron chi connectivity index (χ4n) is 8.17. The van der Waals surface area contributed by atoms with Gasteiger partial charge in [0.1, 0.15) is 29.2 Å². The van der Waals surface area contributed by atoms with E-state index < -0.39 is 95.8 Å². The summed E-state index contributed by atoms with van der Waals surface area (Å²) in [6, 6.07) is 15.3. The number of aryl methyl sites for hydroxylation is 1. The fraction of sp³-hybridized carbons (Fsp3) is 0.312. The Morgan fingerprint density at radius 2 is 1.74 bits per heavy atom. The highest BCUT2D eigenvalue weighted by atomic mass is 32.2. The summed E-state index contributed by atoms with van der Waals surface area (Å²) in [5.74, 6) is -11.4. The number of fused-ring (bicyclic) bond motifs is 2. The lowest BCUT2D eigenvalue weighted by Gasteiger charge is -2.23. The minimum atomic E-state index is -3.23. The lowest BCUT2D eigenvalue weighted by Crippen LogP contribution is -2.48. The zero-order valence-electron chi connectivity index (χ0n) is 36.8. The van der Waals surface area contributed by atoms with Crippen molar-refractivity contribution >= 4 is 75.7 Å². The molecule has 356 valence electrons. The number of carboxylic acids is 2. The normalized spacial score (nSPS) is 17.4. The van der Waals surface area contributed by atoms with Gasteiger partial charge in [0.25, 0.3) is 11.8 Å². The monoisotopic (exact) mass is 964 g/mol. The van der Waals surface area contributed by atoms with E-state index in [1.54, 1.807) is 18.2 Å². The van der Waals surface area contributed by atoms with Gasteiger partial charge in [-0.2, -0.15) is 5.26 Å². The number of aliphatic carboxylic acids is 1. The van der Waals surface area contributed by atoms with E-state index >= 15 is 0 Å². The van der Waals surface area contributed by atoms with Gasteiger partial charge in [-0.15, -0.1) is 11.8 Å². The molecule has 0 bridgehead atoms. The number of aromatic nitrogens is 1. The molecule has 4 aliphatic rings. The van der Waals surface area contributed by atoms with E-state index in [1.165, 1.54) is 61.7 Å². The molecule has 0 saturated carbocycles. The minimum Gasteiger partial charge on any atom is -0.481 e. The number of amides is 5. The van der Waals surface area contributed by atoms with Gasteiger partial charge in [-0.3, -0.25) is 43.3 Å². The third kappa shape index (κ3) is 11.0. The van der Waals surface area contributed by atoms with Crippen LogP contribution in [0.25, 0.3) is 33.4 Å². The number of carbonyl (C=O) groups is 8. The van der Waals surface area contributed by atoms with Crippen molar-refractivity contribution in [1.29, 1.82) is 5.26 Å². The molecule has 1 aliphatic carbocycles. The number of anilines is 1. The Morgan fingerprint density at radius 1 is 0.986 bits per heavy atom. The summed E-state index contributed by atoms with van der Waals surface area (Å²) in [7, 11) is 0. The zero-order chi connectivity index (χ0) is 49.9. The van der Waals surface area contributed by atoms with Crippen LogP contribution in [0, 0.1) is 24.2 Å². The van der Waals surface area contributed by atoms with Crippen molar-refractivity contribution < 1.29 is 61.8 Å². The standard InChI is InChI=1S/C48H42F2N6O12S/c1-24-3-7-34-37(13-24)68-38-17-32(58)5-9-35(38)42(34)33-8-4-29(16-36(33)47(66)67)56-41(60)18-39(45(56)63)69-22-27(46(64)65)15-31(57)6-10-40(59)53-21-28-14-26(11-12-52-28)43(61)54-25(2)44(62)55-23-48(49,50)19-30(55)20-51/h3-5,7-9,11-14,16-17,25,27,30,39H,6,10,15,18-19,21-23H2,1-2H3,(H,53,59)(H,54,61)(H,64,65)(H,66,67)/t25-,27?,30+,39?/m1/s1. The Hall–Kier alpha value is -7.86. The maximum absolute atomic E-state index is 13.9. The molecular weight excluding hydrogens is 923 g/mol. The number of carbonyl (C=O) groups excluding carboxylic acids is 6. The van der Waals surface area contributed by atoms with Crippen LogP contribution in [0.2, 0.25) is 0 Å². The summed E-state index contributed by atoms with van der Waals surface area (Å²) in [4.78, 5) is 121. The number of likely N-dealkylation sites (tertiary alicyclic amines) is 1. The number of alkyl halides is 2. The second-order valence-corrected chi connectivity index (χ2v) is 18.0. The zero-order valence-corrected chi connectivity index (χ0v) is 37.6. The lowest BCUT2D eigenvalue weighted by atomic mass is 9.90. The van der Waals surface area contributed by atoms with Gasteiger partial charge in [0.05, 0.1) is 47.3 Å². The van der Waals surface area contributed by atoms with Gasteiger partial charge in [-0.1, -0.05) is 18.2 Å². The van der Waals surface area contributed by atoms with Crippen LogP contribution in [-0.2, 0) is 35.3 Å². The number of hydrogen-bond donors (Lipinski definition) is 4. The number of ketones is 1. The molecule has 21 heteroatoms. The van der Waals surface area contributed by atoms with Crippen molar-refractivity contribution in [3.8, 4) is 28.5 Å². The van der Waals surface area contributed by atoms with Crippen molar-refractivity contribution in [3.05, 3.63) is 106 Å². The van der Waals surface area contributed by atoms with Gasteiger partial charge in [0.15, 0.2) is 5.43 Å². The van der Waals surface area contributed by atoms with E-state index in [4.69, 9.17) is 4.42 Å². The number of nitrogens with one attached hydrogen (secondary N) is 2. The molecule has 3 aromatic rings. The molecule has 5 amide bonds. The Bertz CT molecular complexity index is 3030. The number of imide groups is 1.